The van der Waals surface area contributed by atoms with Crippen molar-refractivity contribution in [2.45, 2.75) is 6.92 Å². The van der Waals surface area contributed by atoms with Gasteiger partial charge in [-0.25, -0.2) is 4.79 Å². The molecule has 0 aliphatic heterocycles. The third-order valence-electron chi connectivity index (χ3n) is 2.57. The van der Waals surface area contributed by atoms with Crippen LogP contribution in [0.25, 0.3) is 11.0 Å². The summed E-state index contributed by atoms with van der Waals surface area (Å²) in [5.41, 5.74) is 7.99. The van der Waals surface area contributed by atoms with E-state index in [1.54, 1.807) is 0 Å². The number of H-pyrrole nitrogens is 2. The Labute approximate surface area is 93.1 Å². The highest BCUT2D eigenvalue weighted by atomic mass is 16.1. The molecule has 5 heteroatoms. The molecular weight excluding hydrogens is 204 g/mol. The molecule has 0 amide bonds. The largest absolute Gasteiger partial charge is 0.385 e. The van der Waals surface area contributed by atoms with Gasteiger partial charge in [-0.05, 0) is 30.7 Å². The lowest BCUT2D eigenvalue weighted by molar-refractivity contribution is 0.628. The van der Waals surface area contributed by atoms with E-state index >= 15 is 0 Å². The molecule has 1 aromatic carbocycles. The maximum absolute atomic E-state index is 11.1. The Kier molecular flexibility index (Phi) is 2.96. The average molecular weight is 220 g/mol. The van der Waals surface area contributed by atoms with Crippen LogP contribution < -0.4 is 16.7 Å². The summed E-state index contributed by atoms with van der Waals surface area (Å²) in [6.45, 7) is 3.58. The zero-order valence-corrected chi connectivity index (χ0v) is 9.21. The van der Waals surface area contributed by atoms with Crippen LogP contribution in [0, 0.1) is 5.92 Å². The van der Waals surface area contributed by atoms with Gasteiger partial charge in [0.05, 0.1) is 11.0 Å². The molecule has 0 aliphatic rings. The van der Waals surface area contributed by atoms with E-state index in [4.69, 9.17) is 5.73 Å². The molecule has 86 valence electrons. The Morgan fingerprint density at radius 2 is 2.12 bits per heavy atom. The second-order valence-corrected chi connectivity index (χ2v) is 4.06. The van der Waals surface area contributed by atoms with Crippen LogP contribution in [0.5, 0.6) is 0 Å². The van der Waals surface area contributed by atoms with Crippen molar-refractivity contribution in [1.82, 2.24) is 9.97 Å². The molecule has 1 heterocycles. The lowest BCUT2D eigenvalue weighted by Gasteiger charge is -2.10. The minimum atomic E-state index is -0.178. The molecule has 0 aliphatic carbocycles. The van der Waals surface area contributed by atoms with E-state index in [2.05, 4.69) is 22.2 Å². The Morgan fingerprint density at radius 1 is 1.38 bits per heavy atom. The van der Waals surface area contributed by atoms with E-state index in [0.717, 1.165) is 23.3 Å². The van der Waals surface area contributed by atoms with Crippen LogP contribution >= 0.6 is 0 Å². The molecule has 16 heavy (non-hydrogen) atoms. The van der Waals surface area contributed by atoms with Gasteiger partial charge in [-0.3, -0.25) is 0 Å². The smallest absolute Gasteiger partial charge is 0.323 e. The topological polar surface area (TPSA) is 86.7 Å². The molecule has 5 nitrogen and oxygen atoms in total. The van der Waals surface area contributed by atoms with Gasteiger partial charge in [-0.1, -0.05) is 6.92 Å². The summed E-state index contributed by atoms with van der Waals surface area (Å²) < 4.78 is 0. The fourth-order valence-corrected chi connectivity index (χ4v) is 1.52. The molecule has 0 saturated carbocycles. The SMILES string of the molecule is CC(CN)CNc1ccc2[nH]c(=O)[nH]c2c1. The summed E-state index contributed by atoms with van der Waals surface area (Å²) in [7, 11) is 0. The summed E-state index contributed by atoms with van der Waals surface area (Å²) in [5, 5.41) is 3.28. The summed E-state index contributed by atoms with van der Waals surface area (Å²) in [5.74, 6) is 0.431. The van der Waals surface area contributed by atoms with E-state index in [-0.39, 0.29) is 5.69 Å². The van der Waals surface area contributed by atoms with Crippen molar-refractivity contribution in [2.24, 2.45) is 11.7 Å². The van der Waals surface area contributed by atoms with E-state index in [1.807, 2.05) is 18.2 Å². The van der Waals surface area contributed by atoms with Gasteiger partial charge >= 0.3 is 5.69 Å². The van der Waals surface area contributed by atoms with Gasteiger partial charge in [0.15, 0.2) is 0 Å². The van der Waals surface area contributed by atoms with Gasteiger partial charge in [-0.2, -0.15) is 0 Å². The zero-order valence-electron chi connectivity index (χ0n) is 9.21. The van der Waals surface area contributed by atoms with Crippen LogP contribution in [0.4, 0.5) is 5.69 Å². The van der Waals surface area contributed by atoms with Crippen LogP contribution in [0.1, 0.15) is 6.92 Å². The Bertz CT molecular complexity index is 528. The normalized spacial score (nSPS) is 12.9. The first-order valence-electron chi connectivity index (χ1n) is 5.35. The van der Waals surface area contributed by atoms with Crippen LogP contribution in [0.15, 0.2) is 23.0 Å². The molecule has 0 spiro atoms. The number of rotatable bonds is 4. The first-order valence-corrected chi connectivity index (χ1v) is 5.35. The first kappa shape index (κ1) is 10.8. The number of aromatic amines is 2. The minimum Gasteiger partial charge on any atom is -0.385 e. The van der Waals surface area contributed by atoms with Gasteiger partial charge in [0.2, 0.25) is 0 Å². The van der Waals surface area contributed by atoms with Crippen molar-refractivity contribution >= 4 is 16.7 Å². The highest BCUT2D eigenvalue weighted by Crippen LogP contribution is 2.14. The third kappa shape index (κ3) is 2.25. The van der Waals surface area contributed by atoms with E-state index in [9.17, 15) is 4.79 Å². The number of nitrogens with one attached hydrogen (secondary N) is 3. The molecule has 5 N–H and O–H groups in total. The molecule has 1 atom stereocenters. The highest BCUT2D eigenvalue weighted by molar-refractivity contribution is 5.78. The molecule has 2 aromatic rings. The standard InChI is InChI=1S/C11H16N4O/c1-7(5-12)6-13-8-2-3-9-10(4-8)15-11(16)14-9/h2-4,7,13H,5-6,12H2,1H3,(H2,14,15,16). The number of benzene rings is 1. The van der Waals surface area contributed by atoms with Crippen molar-refractivity contribution in [3.05, 3.63) is 28.7 Å². The van der Waals surface area contributed by atoms with Gasteiger partial charge in [-0.15, -0.1) is 0 Å². The number of fused-ring (bicyclic) bond motifs is 1. The van der Waals surface area contributed by atoms with E-state index in [0.29, 0.717) is 12.5 Å². The number of hydrogen-bond acceptors (Lipinski definition) is 3. The van der Waals surface area contributed by atoms with E-state index < -0.39 is 0 Å². The molecular formula is C11H16N4O. The van der Waals surface area contributed by atoms with Crippen LogP contribution in [0.2, 0.25) is 0 Å². The predicted octanol–water partition coefficient (Wildman–Crippen LogP) is 0.863. The Balaban J connectivity index is 2.16. The van der Waals surface area contributed by atoms with Gasteiger partial charge in [0, 0.05) is 12.2 Å². The van der Waals surface area contributed by atoms with Gasteiger partial charge < -0.3 is 21.0 Å². The average Bonchev–Trinajstić information content (AvgIpc) is 2.65. The number of anilines is 1. The molecule has 0 radical (unpaired) electrons. The maximum atomic E-state index is 11.1. The Hall–Kier alpha value is -1.75. The number of aromatic nitrogens is 2. The number of nitrogens with two attached hydrogens (primary N) is 1. The lowest BCUT2D eigenvalue weighted by atomic mass is 10.2. The maximum Gasteiger partial charge on any atom is 0.323 e. The Morgan fingerprint density at radius 3 is 2.88 bits per heavy atom. The van der Waals surface area contributed by atoms with E-state index in [1.165, 1.54) is 0 Å². The monoisotopic (exact) mass is 220 g/mol. The van der Waals surface area contributed by atoms with Gasteiger partial charge in [0.25, 0.3) is 0 Å². The van der Waals surface area contributed by atoms with Crippen molar-refractivity contribution < 1.29 is 0 Å². The highest BCUT2D eigenvalue weighted by Gasteiger charge is 2.01. The van der Waals surface area contributed by atoms with Crippen LogP contribution in [-0.4, -0.2) is 23.1 Å². The molecule has 1 aromatic heterocycles. The zero-order chi connectivity index (χ0) is 11.5. The first-order chi connectivity index (χ1) is 7.69. The summed E-state index contributed by atoms with van der Waals surface area (Å²) in [6.07, 6.45) is 0. The van der Waals surface area contributed by atoms with Crippen LogP contribution in [-0.2, 0) is 0 Å². The minimum absolute atomic E-state index is 0.178. The fourth-order valence-electron chi connectivity index (χ4n) is 1.52. The van der Waals surface area contributed by atoms with Gasteiger partial charge in [0.1, 0.15) is 0 Å². The van der Waals surface area contributed by atoms with Crippen molar-refractivity contribution in [2.75, 3.05) is 18.4 Å². The molecule has 0 fully saturated rings. The number of hydrogen-bond donors (Lipinski definition) is 4. The summed E-state index contributed by atoms with van der Waals surface area (Å²) in [4.78, 5) is 16.5. The van der Waals surface area contributed by atoms with Crippen molar-refractivity contribution in [1.29, 1.82) is 0 Å². The lowest BCUT2D eigenvalue weighted by Crippen LogP contribution is -2.19. The summed E-state index contributed by atoms with van der Waals surface area (Å²) in [6, 6.07) is 5.73. The number of imidazole rings is 1. The molecule has 0 bridgehead atoms. The second-order valence-electron chi connectivity index (χ2n) is 4.06. The summed E-state index contributed by atoms with van der Waals surface area (Å²) >= 11 is 0. The van der Waals surface area contributed by atoms with Crippen LogP contribution in [0.3, 0.4) is 0 Å². The van der Waals surface area contributed by atoms with Crippen molar-refractivity contribution in [3.8, 4) is 0 Å². The fraction of sp³-hybridized carbons (Fsp3) is 0.364. The molecule has 1 unspecified atom stereocenters. The molecule has 2 rings (SSSR count). The second kappa shape index (κ2) is 4.40. The van der Waals surface area contributed by atoms with Crippen molar-refractivity contribution in [3.63, 3.8) is 0 Å². The third-order valence-corrected chi connectivity index (χ3v) is 2.57. The predicted molar refractivity (Wildman–Crippen MR) is 65.6 cm³/mol. The quantitative estimate of drug-likeness (QED) is 0.616. The molecule has 0 saturated heterocycles.